The Bertz CT molecular complexity index is 649. The van der Waals surface area contributed by atoms with Gasteiger partial charge in [-0.25, -0.2) is 0 Å². The predicted octanol–water partition coefficient (Wildman–Crippen LogP) is 3.34. The summed E-state index contributed by atoms with van der Waals surface area (Å²) < 4.78 is 0. The molecule has 1 aliphatic carbocycles. The second kappa shape index (κ2) is 10.3. The van der Waals surface area contributed by atoms with Gasteiger partial charge in [-0.05, 0) is 70.2 Å². The molecule has 1 heterocycles. The third-order valence-corrected chi connectivity index (χ3v) is 5.52. The highest BCUT2D eigenvalue weighted by atomic mass is 16.2. The zero-order valence-electron chi connectivity index (χ0n) is 16.1. The van der Waals surface area contributed by atoms with E-state index in [0.717, 1.165) is 44.6 Å². The third kappa shape index (κ3) is 6.51. The van der Waals surface area contributed by atoms with Crippen molar-refractivity contribution in [1.82, 2.24) is 10.2 Å². The van der Waals surface area contributed by atoms with Crippen LogP contribution in [0.25, 0.3) is 0 Å². The second-order valence-corrected chi connectivity index (χ2v) is 7.61. The first-order valence-electron chi connectivity index (χ1n) is 10.2. The lowest BCUT2D eigenvalue weighted by atomic mass is 9.95. The van der Waals surface area contributed by atoms with Gasteiger partial charge in [0.25, 0.3) is 0 Å². The number of nitrogens with zero attached hydrogens (tertiary/aromatic N) is 1. The molecule has 2 amide bonds. The molecule has 0 saturated carbocycles. The first-order chi connectivity index (χ1) is 13.2. The Morgan fingerprint density at radius 1 is 1.07 bits per heavy atom. The van der Waals surface area contributed by atoms with Gasteiger partial charge in [-0.15, -0.1) is 0 Å². The summed E-state index contributed by atoms with van der Waals surface area (Å²) in [6.45, 7) is 2.77. The molecule has 0 spiro atoms. The molecule has 1 saturated heterocycles. The van der Waals surface area contributed by atoms with Gasteiger partial charge in [-0.2, -0.15) is 0 Å². The van der Waals surface area contributed by atoms with Crippen LogP contribution in [-0.2, 0) is 9.59 Å². The SMILES string of the molecule is O=C(CN1CCC(C(=O)Nc2ccccc2)CC1)NCCC1=CCCCC1. The molecule has 5 heteroatoms. The fraction of sp³-hybridized carbons (Fsp3) is 0.545. The van der Waals surface area contributed by atoms with Crippen molar-refractivity contribution in [3.63, 3.8) is 0 Å². The molecule has 2 aliphatic rings. The van der Waals surface area contributed by atoms with Crippen molar-refractivity contribution < 1.29 is 9.59 Å². The van der Waals surface area contributed by atoms with Crippen molar-refractivity contribution in [2.45, 2.75) is 44.9 Å². The molecule has 2 N–H and O–H groups in total. The molecule has 1 aromatic carbocycles. The standard InChI is InChI=1S/C22H31N3O2/c26-21(23-14-11-18-7-3-1-4-8-18)17-25-15-12-19(13-16-25)22(27)24-20-9-5-2-6-10-20/h2,5-7,9-10,19H,1,3-4,8,11-17H2,(H,23,26)(H,24,27). The van der Waals surface area contributed by atoms with E-state index in [9.17, 15) is 9.59 Å². The van der Waals surface area contributed by atoms with Crippen LogP contribution in [-0.4, -0.2) is 42.9 Å². The fourth-order valence-corrected chi connectivity index (χ4v) is 3.87. The van der Waals surface area contributed by atoms with Crippen LogP contribution in [0.2, 0.25) is 0 Å². The number of allylic oxidation sites excluding steroid dienone is 1. The second-order valence-electron chi connectivity index (χ2n) is 7.61. The molecule has 5 nitrogen and oxygen atoms in total. The highest BCUT2D eigenvalue weighted by molar-refractivity contribution is 5.92. The Kier molecular flexibility index (Phi) is 7.45. The number of likely N-dealkylation sites (tertiary alicyclic amines) is 1. The molecule has 1 aromatic rings. The maximum atomic E-state index is 12.4. The lowest BCUT2D eigenvalue weighted by molar-refractivity contribution is -0.123. The van der Waals surface area contributed by atoms with Gasteiger partial charge >= 0.3 is 0 Å². The first kappa shape index (κ1) is 19.6. The first-order valence-corrected chi connectivity index (χ1v) is 10.2. The van der Waals surface area contributed by atoms with Crippen molar-refractivity contribution in [2.24, 2.45) is 5.92 Å². The van der Waals surface area contributed by atoms with Gasteiger partial charge in [-0.3, -0.25) is 14.5 Å². The number of anilines is 1. The number of carbonyl (C=O) groups is 2. The Balaban J connectivity index is 1.32. The van der Waals surface area contributed by atoms with Crippen molar-refractivity contribution in [1.29, 1.82) is 0 Å². The molecule has 146 valence electrons. The number of hydrogen-bond acceptors (Lipinski definition) is 3. The van der Waals surface area contributed by atoms with E-state index in [0.29, 0.717) is 6.54 Å². The van der Waals surface area contributed by atoms with E-state index in [1.165, 1.54) is 31.3 Å². The Labute approximate surface area is 162 Å². The lowest BCUT2D eigenvalue weighted by Gasteiger charge is -2.30. The quantitative estimate of drug-likeness (QED) is 0.725. The van der Waals surface area contributed by atoms with Crippen molar-refractivity contribution in [2.75, 3.05) is 31.5 Å². The molecular weight excluding hydrogens is 338 g/mol. The van der Waals surface area contributed by atoms with Crippen LogP contribution in [0.3, 0.4) is 0 Å². The Morgan fingerprint density at radius 2 is 1.85 bits per heavy atom. The number of hydrogen-bond donors (Lipinski definition) is 2. The van der Waals surface area contributed by atoms with Gasteiger partial charge in [0, 0.05) is 18.2 Å². The molecule has 0 atom stereocenters. The summed E-state index contributed by atoms with van der Waals surface area (Å²) >= 11 is 0. The summed E-state index contributed by atoms with van der Waals surface area (Å²) in [4.78, 5) is 26.7. The Hall–Kier alpha value is -2.14. The Morgan fingerprint density at radius 3 is 2.56 bits per heavy atom. The molecule has 3 rings (SSSR count). The van der Waals surface area contributed by atoms with Crippen molar-refractivity contribution in [3.8, 4) is 0 Å². The highest BCUT2D eigenvalue weighted by Crippen LogP contribution is 2.20. The van der Waals surface area contributed by atoms with E-state index in [4.69, 9.17) is 0 Å². The summed E-state index contributed by atoms with van der Waals surface area (Å²) in [5.41, 5.74) is 2.34. The number of nitrogens with one attached hydrogen (secondary N) is 2. The van der Waals surface area contributed by atoms with Crippen LogP contribution in [0.1, 0.15) is 44.9 Å². The monoisotopic (exact) mass is 369 g/mol. The highest BCUT2D eigenvalue weighted by Gasteiger charge is 2.25. The molecule has 0 radical (unpaired) electrons. The fourth-order valence-electron chi connectivity index (χ4n) is 3.87. The maximum Gasteiger partial charge on any atom is 0.234 e. The number of carbonyl (C=O) groups excluding carboxylic acids is 2. The van der Waals surface area contributed by atoms with Gasteiger partial charge in [0.1, 0.15) is 0 Å². The van der Waals surface area contributed by atoms with Gasteiger partial charge in [0.15, 0.2) is 0 Å². The van der Waals surface area contributed by atoms with E-state index in [2.05, 4.69) is 21.6 Å². The van der Waals surface area contributed by atoms with E-state index in [-0.39, 0.29) is 17.7 Å². The van der Waals surface area contributed by atoms with Gasteiger partial charge in [-0.1, -0.05) is 29.8 Å². The largest absolute Gasteiger partial charge is 0.355 e. The molecular formula is C22H31N3O2. The van der Waals surface area contributed by atoms with Crippen LogP contribution < -0.4 is 10.6 Å². The molecule has 27 heavy (non-hydrogen) atoms. The molecule has 0 bridgehead atoms. The van der Waals surface area contributed by atoms with E-state index in [1.807, 2.05) is 30.3 Å². The average Bonchev–Trinajstić information content (AvgIpc) is 2.70. The summed E-state index contributed by atoms with van der Waals surface area (Å²) in [6.07, 6.45) is 9.89. The lowest BCUT2D eigenvalue weighted by Crippen LogP contribution is -2.43. The van der Waals surface area contributed by atoms with Crippen molar-refractivity contribution >= 4 is 17.5 Å². The van der Waals surface area contributed by atoms with Crippen LogP contribution in [0, 0.1) is 5.92 Å². The third-order valence-electron chi connectivity index (χ3n) is 5.52. The normalized spacial score (nSPS) is 18.6. The minimum atomic E-state index is 0.0303. The van der Waals surface area contributed by atoms with E-state index < -0.39 is 0 Å². The van der Waals surface area contributed by atoms with E-state index in [1.54, 1.807) is 0 Å². The topological polar surface area (TPSA) is 61.4 Å². The van der Waals surface area contributed by atoms with Crippen LogP contribution in [0.4, 0.5) is 5.69 Å². The van der Waals surface area contributed by atoms with Crippen LogP contribution in [0.5, 0.6) is 0 Å². The summed E-state index contributed by atoms with van der Waals surface area (Å²) in [5, 5.41) is 6.03. The molecule has 1 fully saturated rings. The summed E-state index contributed by atoms with van der Waals surface area (Å²) in [6, 6.07) is 9.58. The van der Waals surface area contributed by atoms with Gasteiger partial charge in [0.05, 0.1) is 6.54 Å². The van der Waals surface area contributed by atoms with Gasteiger partial charge < -0.3 is 10.6 Å². The molecule has 1 aliphatic heterocycles. The van der Waals surface area contributed by atoms with Crippen LogP contribution >= 0.6 is 0 Å². The number of para-hydroxylation sites is 1. The number of benzene rings is 1. The smallest absolute Gasteiger partial charge is 0.234 e. The van der Waals surface area contributed by atoms with Crippen LogP contribution in [0.15, 0.2) is 42.0 Å². The van der Waals surface area contributed by atoms with E-state index >= 15 is 0 Å². The predicted molar refractivity (Wildman–Crippen MR) is 108 cm³/mol. The minimum Gasteiger partial charge on any atom is -0.355 e. The summed E-state index contributed by atoms with van der Waals surface area (Å²) in [5.74, 6) is 0.215. The number of amides is 2. The zero-order valence-corrected chi connectivity index (χ0v) is 16.1. The number of rotatable bonds is 7. The minimum absolute atomic E-state index is 0.0303. The van der Waals surface area contributed by atoms with Gasteiger partial charge in [0.2, 0.25) is 11.8 Å². The molecule has 0 unspecified atom stereocenters. The number of piperidine rings is 1. The van der Waals surface area contributed by atoms with Crippen molar-refractivity contribution in [3.05, 3.63) is 42.0 Å². The molecule has 0 aromatic heterocycles. The average molecular weight is 370 g/mol. The maximum absolute atomic E-state index is 12.4. The summed E-state index contributed by atoms with van der Waals surface area (Å²) in [7, 11) is 0. The zero-order chi connectivity index (χ0) is 18.9.